The lowest BCUT2D eigenvalue weighted by atomic mass is 10.1. The van der Waals surface area contributed by atoms with Crippen molar-refractivity contribution in [1.29, 1.82) is 0 Å². The number of nitrogens with zero attached hydrogens (tertiary/aromatic N) is 1. The molecule has 0 radical (unpaired) electrons. The summed E-state index contributed by atoms with van der Waals surface area (Å²) < 4.78 is 12.8. The van der Waals surface area contributed by atoms with Gasteiger partial charge >= 0.3 is 0 Å². The van der Waals surface area contributed by atoms with E-state index in [1.165, 1.54) is 12.1 Å². The molecule has 2 aromatic rings. The molecule has 0 fully saturated rings. The van der Waals surface area contributed by atoms with Crippen LogP contribution in [0.3, 0.4) is 0 Å². The molecule has 1 aromatic carbocycles. The molecule has 0 saturated carbocycles. The second kappa shape index (κ2) is 4.59. The minimum atomic E-state index is -0.235. The first-order valence-electron chi connectivity index (χ1n) is 4.93. The maximum absolute atomic E-state index is 12.8. The van der Waals surface area contributed by atoms with Crippen LogP contribution >= 0.6 is 0 Å². The number of hydrogen-bond acceptors (Lipinski definition) is 1. The van der Waals surface area contributed by atoms with Gasteiger partial charge in [-0.1, -0.05) is 18.1 Å². The van der Waals surface area contributed by atoms with Gasteiger partial charge in [0.1, 0.15) is 5.82 Å². The van der Waals surface area contributed by atoms with E-state index in [9.17, 15) is 4.39 Å². The Kier molecular flexibility index (Phi) is 2.98. The Bertz CT molecular complexity index is 547. The van der Waals surface area contributed by atoms with Crippen molar-refractivity contribution in [2.45, 2.75) is 6.92 Å². The van der Waals surface area contributed by atoms with E-state index in [-0.39, 0.29) is 5.82 Å². The van der Waals surface area contributed by atoms with Gasteiger partial charge in [-0.3, -0.25) is 4.98 Å². The van der Waals surface area contributed by atoms with Crippen LogP contribution in [-0.4, -0.2) is 4.98 Å². The Hall–Kier alpha value is -2.14. The number of aromatic nitrogens is 1. The average molecular weight is 211 g/mol. The minimum Gasteiger partial charge on any atom is -0.263 e. The molecule has 0 aliphatic heterocycles. The number of hydrogen-bond donors (Lipinski definition) is 0. The molecule has 2 heteroatoms. The highest BCUT2D eigenvalue weighted by Crippen LogP contribution is 2.19. The Morgan fingerprint density at radius 2 is 1.81 bits per heavy atom. The van der Waals surface area contributed by atoms with Crippen LogP contribution in [0.5, 0.6) is 0 Å². The lowest BCUT2D eigenvalue weighted by Crippen LogP contribution is -1.83. The van der Waals surface area contributed by atoms with Gasteiger partial charge in [-0.25, -0.2) is 4.39 Å². The topological polar surface area (TPSA) is 12.9 Å². The average Bonchev–Trinajstić information content (AvgIpc) is 2.31. The Labute approximate surface area is 94.0 Å². The van der Waals surface area contributed by atoms with Crippen LogP contribution in [0, 0.1) is 17.7 Å². The van der Waals surface area contributed by atoms with E-state index in [4.69, 9.17) is 0 Å². The Balaban J connectivity index is 2.42. The molecule has 0 unspecified atom stereocenters. The standard InChI is InChI=1S/C14H10FN/c1-2-3-11-8-13(10-16-9-11)12-4-6-14(15)7-5-12/h4-10H,1H3. The van der Waals surface area contributed by atoms with Crippen LogP contribution in [0.25, 0.3) is 11.1 Å². The van der Waals surface area contributed by atoms with Gasteiger partial charge in [-0.05, 0) is 30.7 Å². The number of pyridine rings is 1. The van der Waals surface area contributed by atoms with Crippen LogP contribution in [0.15, 0.2) is 42.7 Å². The van der Waals surface area contributed by atoms with Crippen LogP contribution in [0.4, 0.5) is 4.39 Å². The normalized spacial score (nSPS) is 9.38. The van der Waals surface area contributed by atoms with Crippen molar-refractivity contribution >= 4 is 0 Å². The van der Waals surface area contributed by atoms with Gasteiger partial charge in [0.2, 0.25) is 0 Å². The van der Waals surface area contributed by atoms with Gasteiger partial charge < -0.3 is 0 Å². The molecular weight excluding hydrogens is 201 g/mol. The Morgan fingerprint density at radius 1 is 1.06 bits per heavy atom. The molecule has 1 nitrogen and oxygen atoms in total. The SMILES string of the molecule is CC#Cc1cncc(-c2ccc(F)cc2)c1. The zero-order chi connectivity index (χ0) is 11.4. The summed E-state index contributed by atoms with van der Waals surface area (Å²) in [5, 5.41) is 0. The molecule has 78 valence electrons. The third-order valence-corrected chi connectivity index (χ3v) is 2.19. The van der Waals surface area contributed by atoms with Gasteiger partial charge in [-0.15, -0.1) is 5.92 Å². The highest BCUT2D eigenvalue weighted by atomic mass is 19.1. The molecule has 0 aliphatic carbocycles. The fraction of sp³-hybridized carbons (Fsp3) is 0.0714. The lowest BCUT2D eigenvalue weighted by molar-refractivity contribution is 0.628. The summed E-state index contributed by atoms with van der Waals surface area (Å²) in [4.78, 5) is 4.11. The van der Waals surface area contributed by atoms with Crippen LogP contribution in [-0.2, 0) is 0 Å². The van der Waals surface area contributed by atoms with Gasteiger partial charge in [0.25, 0.3) is 0 Å². The van der Waals surface area contributed by atoms with Crippen LogP contribution < -0.4 is 0 Å². The van der Waals surface area contributed by atoms with Crippen LogP contribution in [0.2, 0.25) is 0 Å². The van der Waals surface area contributed by atoms with Crippen molar-refractivity contribution < 1.29 is 4.39 Å². The number of halogens is 1. The highest BCUT2D eigenvalue weighted by Gasteiger charge is 1.99. The highest BCUT2D eigenvalue weighted by molar-refractivity contribution is 5.64. The third kappa shape index (κ3) is 2.26. The summed E-state index contributed by atoms with van der Waals surface area (Å²) in [5.41, 5.74) is 2.75. The zero-order valence-corrected chi connectivity index (χ0v) is 8.87. The van der Waals surface area contributed by atoms with E-state index in [1.807, 2.05) is 6.07 Å². The summed E-state index contributed by atoms with van der Waals surface area (Å²) >= 11 is 0. The molecule has 0 aliphatic rings. The molecule has 1 heterocycles. The first-order valence-corrected chi connectivity index (χ1v) is 4.93. The fourth-order valence-electron chi connectivity index (χ4n) is 1.45. The molecule has 0 amide bonds. The van der Waals surface area contributed by atoms with Crippen molar-refractivity contribution in [3.8, 4) is 23.0 Å². The van der Waals surface area contributed by atoms with Crippen molar-refractivity contribution in [2.24, 2.45) is 0 Å². The Morgan fingerprint density at radius 3 is 2.50 bits per heavy atom. The van der Waals surface area contributed by atoms with Crippen LogP contribution in [0.1, 0.15) is 12.5 Å². The monoisotopic (exact) mass is 211 g/mol. The summed E-state index contributed by atoms with van der Waals surface area (Å²) in [6.45, 7) is 1.78. The molecule has 0 atom stereocenters. The molecule has 16 heavy (non-hydrogen) atoms. The van der Waals surface area contributed by atoms with E-state index in [0.29, 0.717) is 0 Å². The third-order valence-electron chi connectivity index (χ3n) is 2.19. The minimum absolute atomic E-state index is 0.235. The smallest absolute Gasteiger partial charge is 0.123 e. The van der Waals surface area contributed by atoms with E-state index in [2.05, 4.69) is 16.8 Å². The largest absolute Gasteiger partial charge is 0.263 e. The van der Waals surface area contributed by atoms with E-state index in [1.54, 1.807) is 31.5 Å². The second-order valence-electron chi connectivity index (χ2n) is 3.34. The first kappa shape index (κ1) is 10.4. The summed E-state index contributed by atoms with van der Waals surface area (Å²) in [7, 11) is 0. The van der Waals surface area contributed by atoms with Crippen molar-refractivity contribution in [1.82, 2.24) is 4.98 Å². The number of rotatable bonds is 1. The first-order chi connectivity index (χ1) is 7.79. The van der Waals surface area contributed by atoms with Gasteiger partial charge in [0.15, 0.2) is 0 Å². The number of benzene rings is 1. The van der Waals surface area contributed by atoms with Gasteiger partial charge in [0.05, 0.1) is 0 Å². The molecule has 2 rings (SSSR count). The summed E-state index contributed by atoms with van der Waals surface area (Å²) in [6, 6.07) is 8.28. The van der Waals surface area contributed by atoms with Crippen molar-refractivity contribution in [2.75, 3.05) is 0 Å². The summed E-state index contributed by atoms with van der Waals surface area (Å²) in [6.07, 6.45) is 3.46. The van der Waals surface area contributed by atoms with E-state index >= 15 is 0 Å². The summed E-state index contributed by atoms with van der Waals surface area (Å²) in [5.74, 6) is 5.53. The van der Waals surface area contributed by atoms with Crippen molar-refractivity contribution in [3.63, 3.8) is 0 Å². The van der Waals surface area contributed by atoms with Gasteiger partial charge in [-0.2, -0.15) is 0 Å². The van der Waals surface area contributed by atoms with Crippen molar-refractivity contribution in [3.05, 3.63) is 54.1 Å². The zero-order valence-electron chi connectivity index (χ0n) is 8.87. The maximum Gasteiger partial charge on any atom is 0.123 e. The predicted octanol–water partition coefficient (Wildman–Crippen LogP) is 3.26. The fourth-order valence-corrected chi connectivity index (χ4v) is 1.45. The second-order valence-corrected chi connectivity index (χ2v) is 3.34. The molecular formula is C14H10FN. The molecule has 1 aromatic heterocycles. The molecule has 0 saturated heterocycles. The maximum atomic E-state index is 12.8. The van der Waals surface area contributed by atoms with Gasteiger partial charge in [0, 0.05) is 23.5 Å². The van der Waals surface area contributed by atoms with E-state index in [0.717, 1.165) is 16.7 Å². The molecule has 0 spiro atoms. The molecule has 0 bridgehead atoms. The van der Waals surface area contributed by atoms with E-state index < -0.39 is 0 Å². The predicted molar refractivity (Wildman–Crippen MR) is 62.2 cm³/mol. The lowest BCUT2D eigenvalue weighted by Gasteiger charge is -2.01. The molecule has 0 N–H and O–H groups in total. The quantitative estimate of drug-likeness (QED) is 0.660.